The zero-order valence-electron chi connectivity index (χ0n) is 18.4. The van der Waals surface area contributed by atoms with Crippen molar-refractivity contribution in [1.82, 2.24) is 19.8 Å². The molecule has 0 unspecified atom stereocenters. The van der Waals surface area contributed by atoms with Gasteiger partial charge >= 0.3 is 0 Å². The van der Waals surface area contributed by atoms with Gasteiger partial charge in [0.25, 0.3) is 0 Å². The lowest BCUT2D eigenvalue weighted by Gasteiger charge is -2.32. The molecule has 3 heterocycles. The Hall–Kier alpha value is -3.02. The highest BCUT2D eigenvalue weighted by atomic mass is 15.4. The Morgan fingerprint density at radius 3 is 1.55 bits per heavy atom. The summed E-state index contributed by atoms with van der Waals surface area (Å²) < 4.78 is 0. The van der Waals surface area contributed by atoms with Crippen LogP contribution in [0, 0.1) is 6.92 Å². The molecule has 2 aliphatic rings. The van der Waals surface area contributed by atoms with Crippen LogP contribution in [0.5, 0.6) is 0 Å². The predicted molar refractivity (Wildman–Crippen MR) is 119 cm³/mol. The zero-order chi connectivity index (χ0) is 20.9. The van der Waals surface area contributed by atoms with Crippen molar-refractivity contribution in [1.29, 1.82) is 0 Å². The van der Waals surface area contributed by atoms with E-state index in [1.165, 1.54) is 11.4 Å². The van der Waals surface area contributed by atoms with E-state index in [0.29, 0.717) is 0 Å². The molecule has 2 atom stereocenters. The first-order valence-electron chi connectivity index (χ1n) is 10.1. The van der Waals surface area contributed by atoms with Crippen molar-refractivity contribution in [2.75, 3.05) is 23.9 Å². The van der Waals surface area contributed by atoms with Gasteiger partial charge in [0, 0.05) is 49.0 Å². The van der Waals surface area contributed by atoms with E-state index >= 15 is 0 Å². The monoisotopic (exact) mass is 390 g/mol. The second-order valence-electron chi connectivity index (χ2n) is 8.03. The van der Waals surface area contributed by atoms with E-state index in [-0.39, 0.29) is 12.3 Å². The van der Waals surface area contributed by atoms with Gasteiger partial charge in [0.1, 0.15) is 24.0 Å². The Morgan fingerprint density at radius 1 is 0.724 bits per heavy atom. The van der Waals surface area contributed by atoms with E-state index in [0.717, 1.165) is 28.6 Å². The van der Waals surface area contributed by atoms with Crippen LogP contribution >= 0.6 is 0 Å². The van der Waals surface area contributed by atoms with E-state index < -0.39 is 0 Å². The van der Waals surface area contributed by atoms with Crippen molar-refractivity contribution < 1.29 is 0 Å². The van der Waals surface area contributed by atoms with Gasteiger partial charge in [0.05, 0.1) is 0 Å². The minimum Gasteiger partial charge on any atom is -0.357 e. The van der Waals surface area contributed by atoms with Crippen LogP contribution in [0.25, 0.3) is 11.4 Å². The molecule has 0 amide bonds. The normalized spacial score (nSPS) is 21.8. The molecule has 0 N–H and O–H groups in total. The Bertz CT molecular complexity index is 923. The number of rotatable bonds is 3. The molecule has 2 aliphatic heterocycles. The van der Waals surface area contributed by atoms with Gasteiger partial charge in [-0.2, -0.15) is 0 Å². The van der Waals surface area contributed by atoms with Crippen molar-refractivity contribution in [2.45, 2.75) is 47.0 Å². The Morgan fingerprint density at radius 2 is 1.17 bits per heavy atom. The van der Waals surface area contributed by atoms with Gasteiger partial charge in [-0.3, -0.25) is 0 Å². The Labute approximate surface area is 173 Å². The summed E-state index contributed by atoms with van der Waals surface area (Å²) in [7, 11) is 4.24. The third-order valence-corrected chi connectivity index (χ3v) is 6.31. The summed E-state index contributed by atoms with van der Waals surface area (Å²) in [5.41, 5.74) is 4.56. The van der Waals surface area contributed by atoms with E-state index in [4.69, 9.17) is 9.97 Å². The molecule has 0 aliphatic carbocycles. The van der Waals surface area contributed by atoms with Crippen LogP contribution < -0.4 is 9.80 Å². The van der Waals surface area contributed by atoms with Crippen LogP contribution in [0.4, 0.5) is 11.6 Å². The summed E-state index contributed by atoms with van der Waals surface area (Å²) in [5, 5.41) is 0. The van der Waals surface area contributed by atoms with Crippen molar-refractivity contribution >= 4 is 11.6 Å². The van der Waals surface area contributed by atoms with Gasteiger partial charge in [-0.15, -0.1) is 0 Å². The highest BCUT2D eigenvalue weighted by Gasteiger charge is 2.32. The van der Waals surface area contributed by atoms with Crippen LogP contribution in [0.3, 0.4) is 0 Å². The summed E-state index contributed by atoms with van der Waals surface area (Å²) in [5.74, 6) is 2.66. The summed E-state index contributed by atoms with van der Waals surface area (Å²) >= 11 is 0. The minimum atomic E-state index is 0.205. The van der Waals surface area contributed by atoms with Crippen LogP contribution in [0.2, 0.25) is 0 Å². The molecule has 2 aromatic rings. The van der Waals surface area contributed by atoms with Crippen molar-refractivity contribution in [2.24, 2.45) is 0 Å². The van der Waals surface area contributed by atoms with Crippen molar-refractivity contribution in [3.8, 4) is 11.4 Å². The summed E-state index contributed by atoms with van der Waals surface area (Å²) in [6.07, 6.45) is 4.77. The standard InChI is InChI=1S/C23H30N6/c1-15-13-28(18(4)26(15)6)22-17(3)23(29-14-16(2)27(7)19(29)5)25-21(24-22)20-11-9-8-10-12-20/h8-14,18-19H,1-7H3/t18-,19+. The molecule has 0 saturated carbocycles. The first-order valence-corrected chi connectivity index (χ1v) is 10.1. The van der Waals surface area contributed by atoms with Gasteiger partial charge in [-0.05, 0) is 34.6 Å². The van der Waals surface area contributed by atoms with Gasteiger partial charge in [0.2, 0.25) is 0 Å². The second kappa shape index (κ2) is 7.10. The fourth-order valence-electron chi connectivity index (χ4n) is 3.95. The summed E-state index contributed by atoms with van der Waals surface area (Å²) in [6.45, 7) is 10.8. The first-order chi connectivity index (χ1) is 13.8. The molecule has 29 heavy (non-hydrogen) atoms. The molecule has 6 nitrogen and oxygen atoms in total. The number of hydrogen-bond donors (Lipinski definition) is 0. The van der Waals surface area contributed by atoms with Crippen molar-refractivity contribution in [3.63, 3.8) is 0 Å². The summed E-state index contributed by atoms with van der Waals surface area (Å²) in [6, 6.07) is 10.2. The smallest absolute Gasteiger partial charge is 0.163 e. The van der Waals surface area contributed by atoms with E-state index in [1.54, 1.807) is 0 Å². The van der Waals surface area contributed by atoms with E-state index in [1.807, 2.05) is 18.2 Å². The number of benzene rings is 1. The van der Waals surface area contributed by atoms with Gasteiger partial charge < -0.3 is 19.6 Å². The molecule has 0 radical (unpaired) electrons. The number of anilines is 2. The van der Waals surface area contributed by atoms with Crippen LogP contribution in [-0.4, -0.2) is 46.2 Å². The highest BCUT2D eigenvalue weighted by Crippen LogP contribution is 2.37. The van der Waals surface area contributed by atoms with Crippen molar-refractivity contribution in [3.05, 3.63) is 59.7 Å². The summed E-state index contributed by atoms with van der Waals surface area (Å²) in [4.78, 5) is 19.1. The van der Waals surface area contributed by atoms with E-state index in [2.05, 4.69) is 92.8 Å². The van der Waals surface area contributed by atoms with Gasteiger partial charge in [0.15, 0.2) is 5.82 Å². The third-order valence-electron chi connectivity index (χ3n) is 6.31. The molecule has 0 bridgehead atoms. The average molecular weight is 391 g/mol. The maximum Gasteiger partial charge on any atom is 0.163 e. The molecule has 0 saturated heterocycles. The molecule has 152 valence electrons. The minimum absolute atomic E-state index is 0.205. The van der Waals surface area contributed by atoms with Crippen LogP contribution in [0.1, 0.15) is 33.3 Å². The fourth-order valence-corrected chi connectivity index (χ4v) is 3.95. The maximum atomic E-state index is 5.02. The fraction of sp³-hybridized carbons (Fsp3) is 0.391. The molecule has 4 rings (SSSR count). The third kappa shape index (κ3) is 3.12. The Balaban J connectivity index is 1.90. The largest absolute Gasteiger partial charge is 0.357 e. The predicted octanol–water partition coefficient (Wildman–Crippen LogP) is 4.37. The second-order valence-corrected chi connectivity index (χ2v) is 8.03. The van der Waals surface area contributed by atoms with Gasteiger partial charge in [-0.1, -0.05) is 30.3 Å². The SMILES string of the molecule is CC1=CN(c2nc(-c3ccccc3)nc(N3C=C(C)N(C)[C@@H]3C)c2C)[C@H](C)N1C. The molecule has 1 aromatic carbocycles. The average Bonchev–Trinajstić information content (AvgIpc) is 3.13. The number of aromatic nitrogens is 2. The number of nitrogens with zero attached hydrogens (tertiary/aromatic N) is 6. The van der Waals surface area contributed by atoms with Crippen LogP contribution in [0.15, 0.2) is 54.1 Å². The highest BCUT2D eigenvalue weighted by molar-refractivity contribution is 5.69. The topological polar surface area (TPSA) is 38.7 Å². The number of hydrogen-bond acceptors (Lipinski definition) is 6. The van der Waals surface area contributed by atoms with E-state index in [9.17, 15) is 0 Å². The molecule has 6 heteroatoms. The lowest BCUT2D eigenvalue weighted by molar-refractivity contribution is 0.354. The lowest BCUT2D eigenvalue weighted by Crippen LogP contribution is -2.37. The molecule has 0 spiro atoms. The van der Waals surface area contributed by atoms with Gasteiger partial charge in [-0.25, -0.2) is 9.97 Å². The molecule has 0 fully saturated rings. The number of allylic oxidation sites excluding steroid dienone is 2. The molecular weight excluding hydrogens is 360 g/mol. The Kier molecular flexibility index (Phi) is 4.73. The molecular formula is C23H30N6. The van der Waals surface area contributed by atoms with Crippen LogP contribution in [-0.2, 0) is 0 Å². The maximum absolute atomic E-state index is 5.02. The first kappa shape index (κ1) is 19.3. The quantitative estimate of drug-likeness (QED) is 0.775. The molecule has 1 aromatic heterocycles. The zero-order valence-corrected chi connectivity index (χ0v) is 18.4. The lowest BCUT2D eigenvalue weighted by atomic mass is 10.2.